The predicted octanol–water partition coefficient (Wildman–Crippen LogP) is 5.43. The van der Waals surface area contributed by atoms with Crippen LogP contribution >= 0.6 is 0 Å². The van der Waals surface area contributed by atoms with Crippen molar-refractivity contribution in [2.45, 2.75) is 97.1 Å². The number of aryl methyl sites for hydroxylation is 1. The number of ether oxygens (including phenoxy) is 3. The van der Waals surface area contributed by atoms with Crippen LogP contribution in [0.1, 0.15) is 81.8 Å². The van der Waals surface area contributed by atoms with Gasteiger partial charge in [-0.25, -0.2) is 9.59 Å². The van der Waals surface area contributed by atoms with Gasteiger partial charge in [0.15, 0.2) is 5.60 Å². The molecule has 3 aliphatic rings. The summed E-state index contributed by atoms with van der Waals surface area (Å²) in [6, 6.07) is 12.6. The Morgan fingerprint density at radius 1 is 1.13 bits per heavy atom. The minimum Gasteiger partial charge on any atom is -0.475 e. The quantitative estimate of drug-likeness (QED) is 0.412. The molecule has 248 valence electrons. The standard InChI is InChI=1S/C35H46N4O7/c1-23(2)39(26-13-10-17-37(21-26)33(43)46-34(4,5)6)30(40)27-20-28-29(19-24(27)3)45-35(14-15-35)31(41)38(28)18-16-36-32(42)44-22-25-11-8-7-9-12-25/h7-9,11-12,19-20,23,26H,10,13-18,21-22H2,1-6H3,(H,36,42)/t26-/m1/s1. The number of anilines is 1. The molecule has 1 atom stereocenters. The van der Waals surface area contributed by atoms with Crippen molar-refractivity contribution in [1.82, 2.24) is 15.1 Å². The minimum atomic E-state index is -0.893. The SMILES string of the molecule is Cc1cc2c(cc1C(=O)N(C(C)C)[C@@H]1CCCN(C(=O)OC(C)(C)C)C1)N(CCNC(=O)OCc1ccccc1)C(=O)C1(CC1)O2. The highest BCUT2D eigenvalue weighted by Crippen LogP contribution is 2.50. The van der Waals surface area contributed by atoms with Gasteiger partial charge in [-0.3, -0.25) is 9.59 Å². The third-order valence-corrected chi connectivity index (χ3v) is 8.52. The molecule has 0 aromatic heterocycles. The number of carbonyl (C=O) groups excluding carboxylic acids is 4. The molecule has 5 rings (SSSR count). The summed E-state index contributed by atoms with van der Waals surface area (Å²) in [7, 11) is 0. The number of likely N-dealkylation sites (tertiary alicyclic amines) is 1. The number of carbonyl (C=O) groups is 4. The fourth-order valence-corrected chi connectivity index (χ4v) is 6.13. The Hall–Kier alpha value is -4.28. The van der Waals surface area contributed by atoms with Crippen LogP contribution in [-0.2, 0) is 20.9 Å². The highest BCUT2D eigenvalue weighted by Gasteiger charge is 2.58. The first kappa shape index (κ1) is 33.1. The molecule has 0 radical (unpaired) electrons. The molecule has 2 aromatic rings. The summed E-state index contributed by atoms with van der Waals surface area (Å²) in [5.41, 5.74) is 1.07. The maximum absolute atomic E-state index is 14.3. The first-order valence-corrected chi connectivity index (χ1v) is 16.2. The maximum Gasteiger partial charge on any atom is 0.410 e. The van der Waals surface area contributed by atoms with Crippen LogP contribution in [0.4, 0.5) is 15.3 Å². The van der Waals surface area contributed by atoms with E-state index in [1.54, 1.807) is 15.9 Å². The van der Waals surface area contributed by atoms with E-state index in [1.165, 1.54) is 0 Å². The smallest absolute Gasteiger partial charge is 0.410 e. The van der Waals surface area contributed by atoms with Crippen molar-refractivity contribution < 1.29 is 33.4 Å². The molecular weight excluding hydrogens is 588 g/mol. The molecule has 46 heavy (non-hydrogen) atoms. The Labute approximate surface area is 271 Å². The molecule has 4 amide bonds. The van der Waals surface area contributed by atoms with Crippen molar-refractivity contribution >= 4 is 29.7 Å². The highest BCUT2D eigenvalue weighted by molar-refractivity contribution is 6.06. The van der Waals surface area contributed by atoms with E-state index in [9.17, 15) is 19.2 Å². The summed E-state index contributed by atoms with van der Waals surface area (Å²) in [5, 5.41) is 2.74. The van der Waals surface area contributed by atoms with E-state index in [-0.39, 0.29) is 49.7 Å². The molecule has 1 spiro atoms. The minimum absolute atomic E-state index is 0.138. The van der Waals surface area contributed by atoms with E-state index in [1.807, 2.05) is 82.8 Å². The number of fused-ring (bicyclic) bond motifs is 1. The van der Waals surface area contributed by atoms with Gasteiger partial charge in [0.2, 0.25) is 0 Å². The number of nitrogens with one attached hydrogen (secondary N) is 1. The van der Waals surface area contributed by atoms with Gasteiger partial charge in [0.1, 0.15) is 18.0 Å². The largest absolute Gasteiger partial charge is 0.475 e. The number of piperidine rings is 1. The Bertz CT molecular complexity index is 1470. The Morgan fingerprint density at radius 3 is 2.50 bits per heavy atom. The molecule has 1 aliphatic carbocycles. The van der Waals surface area contributed by atoms with Crippen molar-refractivity contribution in [2.75, 3.05) is 31.1 Å². The highest BCUT2D eigenvalue weighted by atomic mass is 16.6. The first-order chi connectivity index (χ1) is 21.8. The zero-order valence-corrected chi connectivity index (χ0v) is 27.8. The van der Waals surface area contributed by atoms with Gasteiger partial charge in [-0.1, -0.05) is 30.3 Å². The van der Waals surface area contributed by atoms with Gasteiger partial charge in [0.25, 0.3) is 11.8 Å². The summed E-state index contributed by atoms with van der Waals surface area (Å²) >= 11 is 0. The first-order valence-electron chi connectivity index (χ1n) is 16.2. The lowest BCUT2D eigenvalue weighted by Gasteiger charge is -2.42. The molecule has 1 saturated carbocycles. The second-order valence-corrected chi connectivity index (χ2v) is 13.7. The fraction of sp³-hybridized carbons (Fsp3) is 0.543. The third-order valence-electron chi connectivity index (χ3n) is 8.52. The molecule has 1 saturated heterocycles. The molecule has 2 aliphatic heterocycles. The lowest BCUT2D eigenvalue weighted by molar-refractivity contribution is -0.128. The van der Waals surface area contributed by atoms with Crippen LogP contribution in [0.25, 0.3) is 0 Å². The van der Waals surface area contributed by atoms with Crippen LogP contribution in [0.2, 0.25) is 0 Å². The topological polar surface area (TPSA) is 118 Å². The normalized spacial score (nSPS) is 18.5. The van der Waals surface area contributed by atoms with Gasteiger partial charge >= 0.3 is 12.2 Å². The Kier molecular flexibility index (Phi) is 9.51. The van der Waals surface area contributed by atoms with Gasteiger partial charge in [0, 0.05) is 50.6 Å². The zero-order chi connectivity index (χ0) is 33.2. The molecule has 2 aromatic carbocycles. The molecule has 0 bridgehead atoms. The number of amides is 4. The predicted molar refractivity (Wildman–Crippen MR) is 173 cm³/mol. The van der Waals surface area contributed by atoms with E-state index in [0.29, 0.717) is 42.9 Å². The molecular formula is C35H46N4O7. The lowest BCUT2D eigenvalue weighted by Crippen LogP contribution is -2.54. The third kappa shape index (κ3) is 7.40. The summed E-state index contributed by atoms with van der Waals surface area (Å²) < 4.78 is 17.2. The van der Waals surface area contributed by atoms with Gasteiger partial charge in [-0.05, 0) is 77.6 Å². The van der Waals surface area contributed by atoms with Gasteiger partial charge in [-0.2, -0.15) is 0 Å². The maximum atomic E-state index is 14.3. The van der Waals surface area contributed by atoms with Crippen molar-refractivity contribution in [1.29, 1.82) is 0 Å². The molecule has 2 fully saturated rings. The lowest BCUT2D eigenvalue weighted by atomic mass is 9.98. The van der Waals surface area contributed by atoms with Crippen LogP contribution in [0.3, 0.4) is 0 Å². The molecule has 1 N–H and O–H groups in total. The fourth-order valence-electron chi connectivity index (χ4n) is 6.13. The number of alkyl carbamates (subject to hydrolysis) is 1. The van der Waals surface area contributed by atoms with Gasteiger partial charge in [-0.15, -0.1) is 0 Å². The summed E-state index contributed by atoms with van der Waals surface area (Å²) in [4.78, 5) is 58.3. The number of hydrogen-bond donors (Lipinski definition) is 1. The second kappa shape index (κ2) is 13.2. The van der Waals surface area contributed by atoms with Crippen LogP contribution in [-0.4, -0.2) is 83.3 Å². The van der Waals surface area contributed by atoms with Crippen molar-refractivity contribution in [3.8, 4) is 5.75 Å². The number of benzene rings is 2. The van der Waals surface area contributed by atoms with Crippen molar-refractivity contribution in [3.05, 3.63) is 59.2 Å². The number of rotatable bonds is 8. The average molecular weight is 635 g/mol. The van der Waals surface area contributed by atoms with E-state index >= 15 is 0 Å². The molecule has 11 heteroatoms. The molecule has 11 nitrogen and oxygen atoms in total. The van der Waals surface area contributed by atoms with E-state index in [4.69, 9.17) is 14.2 Å². The molecule has 2 heterocycles. The monoisotopic (exact) mass is 634 g/mol. The van der Waals surface area contributed by atoms with Gasteiger partial charge in [0.05, 0.1) is 11.7 Å². The van der Waals surface area contributed by atoms with Crippen LogP contribution in [0, 0.1) is 6.92 Å². The van der Waals surface area contributed by atoms with Crippen LogP contribution in [0.5, 0.6) is 5.75 Å². The van der Waals surface area contributed by atoms with E-state index in [0.717, 1.165) is 24.0 Å². The second-order valence-electron chi connectivity index (χ2n) is 13.7. The van der Waals surface area contributed by atoms with Gasteiger partial charge < -0.3 is 34.2 Å². The zero-order valence-electron chi connectivity index (χ0n) is 27.8. The Balaban J connectivity index is 1.32. The van der Waals surface area contributed by atoms with Crippen LogP contribution < -0.4 is 15.0 Å². The average Bonchev–Trinajstić information content (AvgIpc) is 3.77. The van der Waals surface area contributed by atoms with E-state index in [2.05, 4.69) is 5.32 Å². The summed E-state index contributed by atoms with van der Waals surface area (Å²) in [6.45, 7) is 12.8. The Morgan fingerprint density at radius 2 is 1.85 bits per heavy atom. The summed E-state index contributed by atoms with van der Waals surface area (Å²) in [6.07, 6.45) is 1.79. The van der Waals surface area contributed by atoms with Crippen LogP contribution in [0.15, 0.2) is 42.5 Å². The summed E-state index contributed by atoms with van der Waals surface area (Å²) in [5.74, 6) is 0.193. The van der Waals surface area contributed by atoms with Crippen molar-refractivity contribution in [3.63, 3.8) is 0 Å². The number of hydrogen-bond acceptors (Lipinski definition) is 7. The number of nitrogens with zero attached hydrogens (tertiary/aromatic N) is 3. The molecule has 0 unspecified atom stereocenters. The van der Waals surface area contributed by atoms with Crippen molar-refractivity contribution in [2.24, 2.45) is 0 Å². The van der Waals surface area contributed by atoms with E-state index < -0.39 is 17.3 Å².